The van der Waals surface area contributed by atoms with Crippen molar-refractivity contribution in [3.8, 4) is 17.1 Å². The maximum absolute atomic E-state index is 14.2. The summed E-state index contributed by atoms with van der Waals surface area (Å²) in [6, 6.07) is 9.33. The maximum atomic E-state index is 14.2. The average Bonchev–Trinajstić information content (AvgIpc) is 3.10. The molecule has 0 aliphatic carbocycles. The van der Waals surface area contributed by atoms with Crippen LogP contribution >= 0.6 is 11.6 Å². The topological polar surface area (TPSA) is 75.6 Å². The molecule has 1 N–H and O–H groups in total. The highest BCUT2D eigenvalue weighted by Gasteiger charge is 2.33. The summed E-state index contributed by atoms with van der Waals surface area (Å²) in [4.78, 5) is 22.7. The number of rotatable bonds is 5. The number of benzene rings is 2. The van der Waals surface area contributed by atoms with Gasteiger partial charge in [-0.25, -0.2) is 18.7 Å². The predicted molar refractivity (Wildman–Crippen MR) is 116 cm³/mol. The van der Waals surface area contributed by atoms with Crippen LogP contribution in [0, 0.1) is 11.6 Å². The zero-order valence-corrected chi connectivity index (χ0v) is 18.6. The molecule has 1 aliphatic rings. The second kappa shape index (κ2) is 10.0. The number of hydrogen-bond donors (Lipinski definition) is 1. The van der Waals surface area contributed by atoms with Crippen LogP contribution in [0.5, 0.6) is 5.75 Å². The van der Waals surface area contributed by atoms with Crippen molar-refractivity contribution < 1.29 is 23.4 Å². The Balaban J connectivity index is 0.00000141. The van der Waals surface area contributed by atoms with Gasteiger partial charge in [0.15, 0.2) is 5.82 Å². The number of ether oxygens (including phenoxy) is 1. The molecule has 3 aromatic rings. The van der Waals surface area contributed by atoms with Gasteiger partial charge in [0, 0.05) is 12.7 Å². The fourth-order valence-electron chi connectivity index (χ4n) is 3.51. The molecule has 0 unspecified atom stereocenters. The van der Waals surface area contributed by atoms with Crippen LogP contribution in [0.1, 0.15) is 34.1 Å². The quantitative estimate of drug-likeness (QED) is 0.569. The molecule has 2 aromatic carbocycles. The highest BCUT2D eigenvalue weighted by atomic mass is 35.5. The number of aryl methyl sites for hydroxylation is 1. The lowest BCUT2D eigenvalue weighted by Gasteiger charge is -2.18. The highest BCUT2D eigenvalue weighted by molar-refractivity contribution is 6.33. The minimum atomic E-state index is -0.798. The molecule has 1 aromatic heterocycles. The number of aromatic nitrogens is 2. The van der Waals surface area contributed by atoms with Crippen LogP contribution in [-0.2, 0) is 19.5 Å². The number of amides is 1. The summed E-state index contributed by atoms with van der Waals surface area (Å²) in [6.07, 6.45) is 0.866. The Morgan fingerprint density at radius 2 is 1.81 bits per heavy atom. The molecule has 2 heterocycles. The van der Waals surface area contributed by atoms with Crippen molar-refractivity contribution >= 4 is 17.5 Å². The van der Waals surface area contributed by atoms with E-state index in [1.54, 1.807) is 12.0 Å². The summed E-state index contributed by atoms with van der Waals surface area (Å²) >= 11 is 6.22. The van der Waals surface area contributed by atoms with Crippen molar-refractivity contribution in [2.75, 3.05) is 14.2 Å². The second-order valence-electron chi connectivity index (χ2n) is 6.92. The number of methoxy groups -OCH3 is 1. The van der Waals surface area contributed by atoms with Gasteiger partial charge in [-0.1, -0.05) is 36.7 Å². The highest BCUT2D eigenvalue weighted by Crippen LogP contribution is 2.33. The van der Waals surface area contributed by atoms with E-state index >= 15 is 0 Å². The third-order valence-corrected chi connectivity index (χ3v) is 5.36. The number of hydrogen-bond acceptors (Lipinski definition) is 5. The lowest BCUT2D eigenvalue weighted by atomic mass is 10.1. The first-order valence-electron chi connectivity index (χ1n) is 9.83. The molecule has 4 rings (SSSR count). The van der Waals surface area contributed by atoms with Crippen LogP contribution in [0.2, 0.25) is 5.15 Å². The van der Waals surface area contributed by atoms with Gasteiger partial charge < -0.3 is 14.7 Å². The lowest BCUT2D eigenvalue weighted by molar-refractivity contribution is 0.0765. The molecule has 6 nitrogen and oxygen atoms in total. The van der Waals surface area contributed by atoms with Gasteiger partial charge in [-0.05, 0) is 30.2 Å². The number of halogens is 3. The maximum Gasteiger partial charge on any atom is 0.259 e. The molecule has 0 atom stereocenters. The smallest absolute Gasteiger partial charge is 0.259 e. The van der Waals surface area contributed by atoms with E-state index in [2.05, 4.69) is 9.97 Å². The molecule has 0 fully saturated rings. The summed E-state index contributed by atoms with van der Waals surface area (Å²) in [7, 11) is 2.58. The zero-order valence-electron chi connectivity index (χ0n) is 17.8. The summed E-state index contributed by atoms with van der Waals surface area (Å²) in [5.74, 6) is -1.43. The first-order chi connectivity index (χ1) is 15.4. The minimum Gasteiger partial charge on any atom is -0.496 e. The van der Waals surface area contributed by atoms with E-state index in [1.165, 1.54) is 6.07 Å². The summed E-state index contributed by atoms with van der Waals surface area (Å²) in [6.45, 7) is 2.48. The van der Waals surface area contributed by atoms with E-state index < -0.39 is 11.6 Å². The largest absolute Gasteiger partial charge is 0.496 e. The van der Waals surface area contributed by atoms with Crippen molar-refractivity contribution in [2.24, 2.45) is 0 Å². The Kier molecular flexibility index (Phi) is 7.37. The number of aliphatic hydroxyl groups excluding tert-OH is 1. The van der Waals surface area contributed by atoms with Gasteiger partial charge in [-0.15, -0.1) is 0 Å². The second-order valence-corrected chi connectivity index (χ2v) is 7.28. The molecule has 0 saturated heterocycles. The van der Waals surface area contributed by atoms with Crippen LogP contribution in [0.3, 0.4) is 0 Å². The molecule has 168 valence electrons. The summed E-state index contributed by atoms with van der Waals surface area (Å²) < 4.78 is 33.8. The van der Waals surface area contributed by atoms with Crippen molar-refractivity contribution in [1.82, 2.24) is 14.9 Å². The number of aliphatic hydroxyl groups is 1. The first-order valence-corrected chi connectivity index (χ1v) is 10.2. The van der Waals surface area contributed by atoms with Gasteiger partial charge in [0.25, 0.3) is 5.91 Å². The number of nitrogens with zero attached hydrogens (tertiary/aromatic N) is 3. The van der Waals surface area contributed by atoms with E-state index in [-0.39, 0.29) is 41.1 Å². The van der Waals surface area contributed by atoms with Crippen molar-refractivity contribution in [2.45, 2.75) is 26.4 Å². The Morgan fingerprint density at radius 3 is 2.44 bits per heavy atom. The van der Waals surface area contributed by atoms with E-state index in [9.17, 15) is 13.6 Å². The van der Waals surface area contributed by atoms with Crippen LogP contribution < -0.4 is 4.74 Å². The van der Waals surface area contributed by atoms with Gasteiger partial charge >= 0.3 is 0 Å². The molecule has 9 heteroatoms. The van der Waals surface area contributed by atoms with Crippen molar-refractivity contribution in [3.05, 3.63) is 75.6 Å². The third-order valence-electron chi connectivity index (χ3n) is 5.09. The van der Waals surface area contributed by atoms with Gasteiger partial charge in [0.1, 0.15) is 28.1 Å². The Bertz CT molecular complexity index is 1140. The van der Waals surface area contributed by atoms with E-state index in [0.717, 1.165) is 36.8 Å². The predicted octanol–water partition coefficient (Wildman–Crippen LogP) is 4.41. The van der Waals surface area contributed by atoms with Crippen LogP contribution in [0.15, 0.2) is 36.4 Å². The Morgan fingerprint density at radius 1 is 1.12 bits per heavy atom. The van der Waals surface area contributed by atoms with Gasteiger partial charge in [0.05, 0.1) is 31.5 Å². The Labute approximate surface area is 189 Å². The average molecular weight is 462 g/mol. The molecule has 1 aliphatic heterocycles. The number of fused-ring (bicyclic) bond motifs is 1. The monoisotopic (exact) mass is 461 g/mol. The Hall–Kier alpha value is -3.10. The lowest BCUT2D eigenvalue weighted by Crippen LogP contribution is -2.23. The molecule has 0 spiro atoms. The molecular formula is C23H22ClF2N3O3. The van der Waals surface area contributed by atoms with Crippen LogP contribution in [-0.4, -0.2) is 40.1 Å². The minimum absolute atomic E-state index is 0.126. The van der Waals surface area contributed by atoms with Gasteiger partial charge in [-0.3, -0.25) is 4.79 Å². The number of carbonyl (C=O) groups excluding carboxylic acids is 1. The van der Waals surface area contributed by atoms with Crippen molar-refractivity contribution in [1.29, 1.82) is 0 Å². The zero-order chi connectivity index (χ0) is 23.4. The number of carbonyl (C=O) groups is 1. The third kappa shape index (κ3) is 4.42. The van der Waals surface area contributed by atoms with Gasteiger partial charge in [-0.2, -0.15) is 0 Å². The molecular weight excluding hydrogens is 440 g/mol. The molecule has 32 heavy (non-hydrogen) atoms. The SMILES string of the molecule is CCc1ccc(CN2Cc3nc(-c4c(F)cccc4F)nc(Cl)c3C2=O)c(OC)c1.CO. The fourth-order valence-corrected chi connectivity index (χ4v) is 3.78. The van der Waals surface area contributed by atoms with E-state index in [0.29, 0.717) is 11.4 Å². The van der Waals surface area contributed by atoms with Crippen LogP contribution in [0.4, 0.5) is 8.78 Å². The van der Waals surface area contributed by atoms with Crippen LogP contribution in [0.25, 0.3) is 11.4 Å². The molecule has 0 radical (unpaired) electrons. The van der Waals surface area contributed by atoms with Gasteiger partial charge in [0.2, 0.25) is 0 Å². The van der Waals surface area contributed by atoms with Crippen molar-refractivity contribution in [3.63, 3.8) is 0 Å². The molecule has 0 bridgehead atoms. The summed E-state index contributed by atoms with van der Waals surface area (Å²) in [5.41, 5.74) is 2.07. The van der Waals surface area contributed by atoms with E-state index in [4.69, 9.17) is 21.4 Å². The normalized spacial score (nSPS) is 12.3. The fraction of sp³-hybridized carbons (Fsp3) is 0.261. The first kappa shape index (κ1) is 23.6. The summed E-state index contributed by atoms with van der Waals surface area (Å²) in [5, 5.41) is 6.87. The molecule has 0 saturated carbocycles. The standard InChI is InChI=1S/C22H18ClF2N3O2.CH4O/c1-3-12-7-8-13(17(9-12)30-2)10-28-11-16-19(22(28)29)20(23)27-21(26-16)18-14(24)5-4-6-15(18)25;1-2/h4-9H,3,10-11H2,1-2H3;2H,1H3. The van der Waals surface area contributed by atoms with E-state index in [1.807, 2.05) is 25.1 Å². The molecule has 1 amide bonds.